The molecule has 0 aromatic carbocycles. The molecular formula is C15H27N3O. The highest BCUT2D eigenvalue weighted by Gasteiger charge is 2.20. The lowest BCUT2D eigenvalue weighted by molar-refractivity contribution is 0.240. The molecule has 0 spiro atoms. The third-order valence-electron chi connectivity index (χ3n) is 4.05. The van der Waals surface area contributed by atoms with Gasteiger partial charge in [-0.15, -0.1) is 0 Å². The van der Waals surface area contributed by atoms with Gasteiger partial charge in [-0.1, -0.05) is 0 Å². The molecule has 1 aliphatic heterocycles. The predicted octanol–water partition coefficient (Wildman–Crippen LogP) is 1.96. The molecule has 1 saturated heterocycles. The van der Waals surface area contributed by atoms with Crippen molar-refractivity contribution in [3.05, 3.63) is 24.2 Å². The van der Waals surface area contributed by atoms with E-state index >= 15 is 0 Å². The van der Waals surface area contributed by atoms with E-state index in [-0.39, 0.29) is 0 Å². The summed E-state index contributed by atoms with van der Waals surface area (Å²) in [6.07, 6.45) is 5.57. The van der Waals surface area contributed by atoms with E-state index in [9.17, 15) is 0 Å². The molecule has 0 amide bonds. The fourth-order valence-electron chi connectivity index (χ4n) is 2.74. The van der Waals surface area contributed by atoms with Crippen molar-refractivity contribution in [3.63, 3.8) is 0 Å². The number of nitrogens with zero attached hydrogens (tertiary/aromatic N) is 2. The van der Waals surface area contributed by atoms with Crippen LogP contribution in [0.5, 0.6) is 0 Å². The summed E-state index contributed by atoms with van der Waals surface area (Å²) < 4.78 is 5.55. The van der Waals surface area contributed by atoms with Gasteiger partial charge >= 0.3 is 0 Å². The van der Waals surface area contributed by atoms with E-state index in [4.69, 9.17) is 4.42 Å². The van der Waals surface area contributed by atoms with Gasteiger partial charge in [0.05, 0.1) is 12.3 Å². The van der Waals surface area contributed by atoms with Gasteiger partial charge in [-0.2, -0.15) is 0 Å². The van der Waals surface area contributed by atoms with Crippen LogP contribution in [0.1, 0.15) is 31.1 Å². The SMILES string of the molecule is CN1CCCC(NCC(c2ccco2)N(C)C)CC1. The molecule has 0 saturated carbocycles. The Labute approximate surface area is 116 Å². The Morgan fingerprint density at radius 2 is 2.26 bits per heavy atom. The molecule has 1 aliphatic rings. The topological polar surface area (TPSA) is 31.6 Å². The first-order valence-corrected chi connectivity index (χ1v) is 7.28. The highest BCUT2D eigenvalue weighted by atomic mass is 16.3. The minimum absolute atomic E-state index is 0.316. The van der Waals surface area contributed by atoms with Gasteiger partial charge in [-0.05, 0) is 65.6 Å². The summed E-state index contributed by atoms with van der Waals surface area (Å²) in [5.74, 6) is 1.04. The van der Waals surface area contributed by atoms with E-state index in [0.717, 1.165) is 12.3 Å². The van der Waals surface area contributed by atoms with Crippen LogP contribution >= 0.6 is 0 Å². The Morgan fingerprint density at radius 1 is 1.42 bits per heavy atom. The second-order valence-corrected chi connectivity index (χ2v) is 5.83. The fraction of sp³-hybridized carbons (Fsp3) is 0.733. The smallest absolute Gasteiger partial charge is 0.122 e. The summed E-state index contributed by atoms with van der Waals surface area (Å²) in [6.45, 7) is 3.38. The summed E-state index contributed by atoms with van der Waals surface area (Å²) in [6, 6.07) is 4.98. The average molecular weight is 265 g/mol. The van der Waals surface area contributed by atoms with Gasteiger partial charge in [0.25, 0.3) is 0 Å². The lowest BCUT2D eigenvalue weighted by Crippen LogP contribution is -2.37. The fourth-order valence-corrected chi connectivity index (χ4v) is 2.74. The summed E-state index contributed by atoms with van der Waals surface area (Å²) in [4.78, 5) is 4.65. The largest absolute Gasteiger partial charge is 0.468 e. The van der Waals surface area contributed by atoms with E-state index in [1.165, 1.54) is 32.4 Å². The molecule has 0 bridgehead atoms. The molecule has 1 fully saturated rings. The van der Waals surface area contributed by atoms with Gasteiger partial charge < -0.3 is 14.6 Å². The monoisotopic (exact) mass is 265 g/mol. The van der Waals surface area contributed by atoms with E-state index in [2.05, 4.69) is 42.3 Å². The van der Waals surface area contributed by atoms with Gasteiger partial charge in [-0.3, -0.25) is 4.90 Å². The highest BCUT2D eigenvalue weighted by molar-refractivity contribution is 5.05. The predicted molar refractivity (Wildman–Crippen MR) is 78.3 cm³/mol. The average Bonchev–Trinajstić information content (AvgIpc) is 2.80. The van der Waals surface area contributed by atoms with Crippen LogP contribution in [-0.4, -0.2) is 56.6 Å². The van der Waals surface area contributed by atoms with Crippen LogP contribution in [0.2, 0.25) is 0 Å². The number of rotatable bonds is 5. The van der Waals surface area contributed by atoms with Crippen molar-refractivity contribution in [2.75, 3.05) is 40.8 Å². The van der Waals surface area contributed by atoms with Crippen molar-refractivity contribution in [3.8, 4) is 0 Å². The Hall–Kier alpha value is -0.840. The van der Waals surface area contributed by atoms with Crippen molar-refractivity contribution in [2.24, 2.45) is 0 Å². The van der Waals surface area contributed by atoms with Crippen molar-refractivity contribution in [1.82, 2.24) is 15.1 Å². The first kappa shape index (κ1) is 14.6. The maximum absolute atomic E-state index is 5.55. The number of hydrogen-bond acceptors (Lipinski definition) is 4. The zero-order valence-electron chi connectivity index (χ0n) is 12.4. The summed E-state index contributed by atoms with van der Waals surface area (Å²) in [5, 5.41) is 3.72. The maximum Gasteiger partial charge on any atom is 0.122 e. The minimum Gasteiger partial charge on any atom is -0.468 e. The Balaban J connectivity index is 1.85. The molecule has 4 heteroatoms. The molecular weight excluding hydrogens is 238 g/mol. The second kappa shape index (κ2) is 7.08. The highest BCUT2D eigenvalue weighted by Crippen LogP contribution is 2.18. The molecule has 1 N–H and O–H groups in total. The molecule has 19 heavy (non-hydrogen) atoms. The van der Waals surface area contributed by atoms with Crippen LogP contribution in [0, 0.1) is 0 Å². The van der Waals surface area contributed by atoms with Crippen molar-refractivity contribution in [2.45, 2.75) is 31.3 Å². The van der Waals surface area contributed by atoms with Crippen LogP contribution in [0.25, 0.3) is 0 Å². The summed E-state index contributed by atoms with van der Waals surface area (Å²) >= 11 is 0. The minimum atomic E-state index is 0.316. The van der Waals surface area contributed by atoms with Crippen LogP contribution < -0.4 is 5.32 Å². The third-order valence-corrected chi connectivity index (χ3v) is 4.05. The van der Waals surface area contributed by atoms with E-state index in [1.807, 2.05) is 6.07 Å². The lowest BCUT2D eigenvalue weighted by Gasteiger charge is -2.25. The summed E-state index contributed by atoms with van der Waals surface area (Å²) in [7, 11) is 6.43. The van der Waals surface area contributed by atoms with Crippen molar-refractivity contribution in [1.29, 1.82) is 0 Å². The molecule has 0 radical (unpaired) electrons. The quantitative estimate of drug-likeness (QED) is 0.882. The molecule has 2 rings (SSSR count). The zero-order valence-corrected chi connectivity index (χ0v) is 12.4. The zero-order chi connectivity index (χ0) is 13.7. The maximum atomic E-state index is 5.55. The normalized spacial score (nSPS) is 23.5. The van der Waals surface area contributed by atoms with Gasteiger partial charge in [0.2, 0.25) is 0 Å². The Bertz CT molecular complexity index is 350. The number of likely N-dealkylation sites (tertiary alicyclic amines) is 1. The van der Waals surface area contributed by atoms with E-state index in [0.29, 0.717) is 12.1 Å². The Morgan fingerprint density at radius 3 is 2.95 bits per heavy atom. The lowest BCUT2D eigenvalue weighted by atomic mass is 10.1. The number of nitrogens with one attached hydrogen (secondary N) is 1. The molecule has 2 atom stereocenters. The molecule has 4 nitrogen and oxygen atoms in total. The number of likely N-dealkylation sites (N-methyl/N-ethyl adjacent to an activating group) is 1. The standard InChI is InChI=1S/C15H27N3O/c1-17(2)14(15-7-5-11-19-15)12-16-13-6-4-9-18(3)10-8-13/h5,7,11,13-14,16H,4,6,8-10,12H2,1-3H3. The molecule has 1 aromatic heterocycles. The van der Waals surface area contributed by atoms with Crippen LogP contribution in [0.3, 0.4) is 0 Å². The molecule has 2 unspecified atom stereocenters. The molecule has 0 aliphatic carbocycles. The van der Waals surface area contributed by atoms with Gasteiger partial charge in [0.1, 0.15) is 5.76 Å². The first-order valence-electron chi connectivity index (χ1n) is 7.28. The van der Waals surface area contributed by atoms with Gasteiger partial charge in [0.15, 0.2) is 0 Å². The van der Waals surface area contributed by atoms with Crippen LogP contribution in [-0.2, 0) is 0 Å². The second-order valence-electron chi connectivity index (χ2n) is 5.83. The van der Waals surface area contributed by atoms with Crippen molar-refractivity contribution >= 4 is 0 Å². The van der Waals surface area contributed by atoms with Crippen LogP contribution in [0.15, 0.2) is 22.8 Å². The molecule has 1 aromatic rings. The third kappa shape index (κ3) is 4.34. The van der Waals surface area contributed by atoms with Gasteiger partial charge in [-0.25, -0.2) is 0 Å². The number of hydrogen-bond donors (Lipinski definition) is 1. The van der Waals surface area contributed by atoms with Crippen molar-refractivity contribution < 1.29 is 4.42 Å². The first-order chi connectivity index (χ1) is 9.16. The van der Waals surface area contributed by atoms with E-state index in [1.54, 1.807) is 6.26 Å². The van der Waals surface area contributed by atoms with Gasteiger partial charge in [0, 0.05) is 12.6 Å². The summed E-state index contributed by atoms with van der Waals surface area (Å²) in [5.41, 5.74) is 0. The van der Waals surface area contributed by atoms with Crippen LogP contribution in [0.4, 0.5) is 0 Å². The molecule has 108 valence electrons. The Kier molecular flexibility index (Phi) is 5.43. The number of furan rings is 1. The molecule has 2 heterocycles. The van der Waals surface area contributed by atoms with E-state index < -0.39 is 0 Å².